The van der Waals surface area contributed by atoms with Crippen molar-refractivity contribution in [2.45, 2.75) is 38.6 Å². The zero-order valence-electron chi connectivity index (χ0n) is 12.9. The molecule has 22 heavy (non-hydrogen) atoms. The molecule has 0 saturated carbocycles. The maximum absolute atomic E-state index is 12.3. The molecule has 3 saturated heterocycles. The Kier molecular flexibility index (Phi) is 3.82. The Hall–Kier alpha value is -1.14. The summed E-state index contributed by atoms with van der Waals surface area (Å²) >= 11 is 1.71. The van der Waals surface area contributed by atoms with E-state index in [2.05, 4.69) is 10.3 Å². The van der Waals surface area contributed by atoms with Crippen molar-refractivity contribution >= 4 is 22.4 Å². The predicted molar refractivity (Wildman–Crippen MR) is 86.1 cm³/mol. The first-order chi connectivity index (χ1) is 10.7. The normalized spacial score (nSPS) is 29.0. The summed E-state index contributed by atoms with van der Waals surface area (Å²) < 4.78 is 5.58. The SMILES string of the molecule is O=C1CC[C@]2(CCOC2)CN1Cc1csc(N2CCCC2)n1. The molecule has 0 aliphatic carbocycles. The Morgan fingerprint density at radius 1 is 1.32 bits per heavy atom. The average molecular weight is 321 g/mol. The van der Waals surface area contributed by atoms with E-state index >= 15 is 0 Å². The number of anilines is 1. The minimum absolute atomic E-state index is 0.210. The lowest BCUT2D eigenvalue weighted by molar-refractivity contribution is -0.138. The smallest absolute Gasteiger partial charge is 0.222 e. The molecular formula is C16H23N3O2S. The molecule has 3 fully saturated rings. The van der Waals surface area contributed by atoms with Crippen molar-refractivity contribution in [3.8, 4) is 0 Å². The van der Waals surface area contributed by atoms with Crippen LogP contribution in [-0.2, 0) is 16.1 Å². The quantitative estimate of drug-likeness (QED) is 0.857. The Labute approximate surface area is 135 Å². The van der Waals surface area contributed by atoms with Crippen LogP contribution in [0.15, 0.2) is 5.38 Å². The van der Waals surface area contributed by atoms with E-state index in [0.717, 1.165) is 56.5 Å². The largest absolute Gasteiger partial charge is 0.381 e. The summed E-state index contributed by atoms with van der Waals surface area (Å²) in [6.07, 6.45) is 5.27. The van der Waals surface area contributed by atoms with Gasteiger partial charge < -0.3 is 14.5 Å². The third-order valence-electron chi connectivity index (χ3n) is 5.20. The van der Waals surface area contributed by atoms with Gasteiger partial charge in [-0.25, -0.2) is 4.98 Å². The van der Waals surface area contributed by atoms with Crippen LogP contribution in [0, 0.1) is 5.41 Å². The number of rotatable bonds is 3. The monoisotopic (exact) mass is 321 g/mol. The van der Waals surface area contributed by atoms with E-state index in [-0.39, 0.29) is 11.3 Å². The van der Waals surface area contributed by atoms with E-state index in [9.17, 15) is 4.79 Å². The highest BCUT2D eigenvalue weighted by atomic mass is 32.1. The Morgan fingerprint density at radius 3 is 2.95 bits per heavy atom. The molecule has 0 unspecified atom stereocenters. The summed E-state index contributed by atoms with van der Waals surface area (Å²) in [5.74, 6) is 0.272. The van der Waals surface area contributed by atoms with Gasteiger partial charge in [0, 0.05) is 43.5 Å². The van der Waals surface area contributed by atoms with E-state index in [0.29, 0.717) is 13.0 Å². The molecular weight excluding hydrogens is 298 g/mol. The van der Waals surface area contributed by atoms with E-state index < -0.39 is 0 Å². The number of carbonyl (C=O) groups excluding carboxylic acids is 1. The van der Waals surface area contributed by atoms with Crippen molar-refractivity contribution in [1.82, 2.24) is 9.88 Å². The Bertz CT molecular complexity index is 547. The second kappa shape index (κ2) is 5.81. The molecule has 0 radical (unpaired) electrons. The number of likely N-dealkylation sites (tertiary alicyclic amines) is 1. The van der Waals surface area contributed by atoms with Gasteiger partial charge in [0.2, 0.25) is 5.91 Å². The van der Waals surface area contributed by atoms with Gasteiger partial charge in [0.25, 0.3) is 0 Å². The second-order valence-electron chi connectivity index (χ2n) is 6.87. The molecule has 0 aromatic carbocycles. The van der Waals surface area contributed by atoms with Crippen LogP contribution in [0.25, 0.3) is 0 Å². The number of amides is 1. The third-order valence-corrected chi connectivity index (χ3v) is 6.15. The summed E-state index contributed by atoms with van der Waals surface area (Å²) in [6, 6.07) is 0. The summed E-state index contributed by atoms with van der Waals surface area (Å²) in [5, 5.41) is 3.24. The lowest BCUT2D eigenvalue weighted by atomic mass is 9.79. The second-order valence-corrected chi connectivity index (χ2v) is 7.70. The predicted octanol–water partition coefficient (Wildman–Crippen LogP) is 2.27. The topological polar surface area (TPSA) is 45.7 Å². The van der Waals surface area contributed by atoms with Crippen molar-refractivity contribution in [3.05, 3.63) is 11.1 Å². The van der Waals surface area contributed by atoms with Crippen molar-refractivity contribution in [2.24, 2.45) is 5.41 Å². The van der Waals surface area contributed by atoms with Crippen LogP contribution < -0.4 is 4.90 Å². The highest BCUT2D eigenvalue weighted by Crippen LogP contribution is 2.38. The molecule has 0 bridgehead atoms. The minimum atomic E-state index is 0.210. The van der Waals surface area contributed by atoms with Gasteiger partial charge in [-0.1, -0.05) is 0 Å². The summed E-state index contributed by atoms with van der Waals surface area (Å²) in [4.78, 5) is 21.4. The van der Waals surface area contributed by atoms with E-state index in [4.69, 9.17) is 9.72 Å². The molecule has 6 heteroatoms. The highest BCUT2D eigenvalue weighted by Gasteiger charge is 2.41. The van der Waals surface area contributed by atoms with Crippen LogP contribution in [0.2, 0.25) is 0 Å². The number of carbonyl (C=O) groups is 1. The van der Waals surface area contributed by atoms with Crippen molar-refractivity contribution in [3.63, 3.8) is 0 Å². The zero-order valence-corrected chi connectivity index (χ0v) is 13.7. The van der Waals surface area contributed by atoms with Gasteiger partial charge in [0.05, 0.1) is 18.8 Å². The van der Waals surface area contributed by atoms with Crippen LogP contribution in [0.1, 0.15) is 37.8 Å². The van der Waals surface area contributed by atoms with Crippen LogP contribution in [0.4, 0.5) is 5.13 Å². The average Bonchev–Trinajstić information content (AvgIpc) is 3.25. The standard InChI is InChI=1S/C16H23N3O2S/c20-14-3-4-16(5-8-21-12-16)11-19(14)9-13-10-22-15(17-13)18-6-1-2-7-18/h10H,1-9,11-12H2/t16-/m0/s1. The van der Waals surface area contributed by atoms with Crippen molar-refractivity contribution in [2.75, 3.05) is 37.7 Å². The van der Waals surface area contributed by atoms with Crippen LogP contribution >= 0.6 is 11.3 Å². The maximum Gasteiger partial charge on any atom is 0.222 e. The lowest BCUT2D eigenvalue weighted by Crippen LogP contribution is -2.46. The Balaban J connectivity index is 1.44. The van der Waals surface area contributed by atoms with Gasteiger partial charge in [0.15, 0.2) is 5.13 Å². The molecule has 1 aromatic heterocycles. The number of aromatic nitrogens is 1. The third kappa shape index (κ3) is 2.74. The fraction of sp³-hybridized carbons (Fsp3) is 0.750. The minimum Gasteiger partial charge on any atom is -0.381 e. The molecule has 1 aromatic rings. The van der Waals surface area contributed by atoms with Gasteiger partial charge in [-0.05, 0) is 25.7 Å². The van der Waals surface area contributed by atoms with Gasteiger partial charge in [-0.2, -0.15) is 0 Å². The lowest BCUT2D eigenvalue weighted by Gasteiger charge is -2.38. The number of ether oxygens (including phenoxy) is 1. The van der Waals surface area contributed by atoms with Crippen molar-refractivity contribution in [1.29, 1.82) is 0 Å². The van der Waals surface area contributed by atoms with Gasteiger partial charge >= 0.3 is 0 Å². The molecule has 120 valence electrons. The fourth-order valence-electron chi connectivity index (χ4n) is 3.84. The molecule has 4 rings (SSSR count). The molecule has 4 heterocycles. The molecule has 5 nitrogen and oxygen atoms in total. The number of nitrogens with zero attached hydrogens (tertiary/aromatic N) is 3. The van der Waals surface area contributed by atoms with Gasteiger partial charge in [-0.15, -0.1) is 11.3 Å². The first kappa shape index (κ1) is 14.5. The molecule has 3 aliphatic rings. The number of hydrogen-bond donors (Lipinski definition) is 0. The van der Waals surface area contributed by atoms with Crippen molar-refractivity contribution < 1.29 is 9.53 Å². The fourth-order valence-corrected chi connectivity index (χ4v) is 4.71. The van der Waals surface area contributed by atoms with Gasteiger partial charge in [0.1, 0.15) is 0 Å². The van der Waals surface area contributed by atoms with E-state index in [1.54, 1.807) is 11.3 Å². The van der Waals surface area contributed by atoms with Crippen LogP contribution in [0.3, 0.4) is 0 Å². The first-order valence-corrected chi connectivity index (χ1v) is 9.17. The molecule has 1 atom stereocenters. The first-order valence-electron chi connectivity index (χ1n) is 8.29. The van der Waals surface area contributed by atoms with Gasteiger partial charge in [-0.3, -0.25) is 4.79 Å². The summed E-state index contributed by atoms with van der Waals surface area (Å²) in [6.45, 7) is 5.39. The number of thiazole rings is 1. The summed E-state index contributed by atoms with van der Waals surface area (Å²) in [7, 11) is 0. The van der Waals surface area contributed by atoms with Crippen LogP contribution in [0.5, 0.6) is 0 Å². The molecule has 3 aliphatic heterocycles. The highest BCUT2D eigenvalue weighted by molar-refractivity contribution is 7.13. The van der Waals surface area contributed by atoms with E-state index in [1.807, 2.05) is 4.90 Å². The number of hydrogen-bond acceptors (Lipinski definition) is 5. The van der Waals surface area contributed by atoms with E-state index in [1.165, 1.54) is 12.8 Å². The maximum atomic E-state index is 12.3. The van der Waals surface area contributed by atoms with Crippen LogP contribution in [-0.4, -0.2) is 48.6 Å². The molecule has 1 spiro atoms. The molecule has 0 N–H and O–H groups in total. The number of piperidine rings is 1. The zero-order chi connectivity index (χ0) is 15.0. The molecule has 1 amide bonds. The Morgan fingerprint density at radius 2 is 2.18 bits per heavy atom. The summed E-state index contributed by atoms with van der Waals surface area (Å²) in [5.41, 5.74) is 1.25.